The fourth-order valence-corrected chi connectivity index (χ4v) is 5.97. The van der Waals surface area contributed by atoms with Gasteiger partial charge >= 0.3 is 0 Å². The van der Waals surface area contributed by atoms with E-state index >= 15 is 0 Å². The van der Waals surface area contributed by atoms with Gasteiger partial charge in [-0.25, -0.2) is 4.98 Å². The van der Waals surface area contributed by atoms with E-state index in [1.54, 1.807) is 19.2 Å². The molecule has 2 aromatic heterocycles. The molecule has 0 unspecified atom stereocenters. The van der Waals surface area contributed by atoms with Gasteiger partial charge in [0.1, 0.15) is 23.1 Å². The molecule has 1 aromatic carbocycles. The van der Waals surface area contributed by atoms with Crippen LogP contribution in [-0.4, -0.2) is 92.9 Å². The van der Waals surface area contributed by atoms with Crippen molar-refractivity contribution in [3.8, 4) is 5.75 Å². The molecule has 1 aliphatic heterocycles. The number of methoxy groups -OCH3 is 1. The average molecular weight is 671 g/mol. The van der Waals surface area contributed by atoms with Crippen LogP contribution in [0.2, 0.25) is 15.1 Å². The van der Waals surface area contributed by atoms with E-state index in [0.717, 1.165) is 38.3 Å². The number of benzene rings is 1. The number of aromatic nitrogens is 1. The number of carbonyl (C=O) groups excluding carboxylic acids is 2. The van der Waals surface area contributed by atoms with Crippen LogP contribution in [-0.2, 0) is 16.0 Å². The summed E-state index contributed by atoms with van der Waals surface area (Å²) < 4.78 is 16.4. The number of halogens is 3. The van der Waals surface area contributed by atoms with Crippen LogP contribution in [0.1, 0.15) is 32.5 Å². The van der Waals surface area contributed by atoms with Gasteiger partial charge in [0.15, 0.2) is 0 Å². The van der Waals surface area contributed by atoms with Gasteiger partial charge in [0, 0.05) is 57.1 Å². The summed E-state index contributed by atoms with van der Waals surface area (Å²) in [5.41, 5.74) is 1.10. The van der Waals surface area contributed by atoms with E-state index in [9.17, 15) is 9.59 Å². The summed E-state index contributed by atoms with van der Waals surface area (Å²) in [6.07, 6.45) is 1.41. The number of anilines is 2. The Balaban J connectivity index is 1.55. The highest BCUT2D eigenvalue weighted by atomic mass is 35.5. The Labute approximate surface area is 270 Å². The van der Waals surface area contributed by atoms with Crippen LogP contribution >= 0.6 is 46.1 Å². The Hall–Kier alpha value is -2.48. The van der Waals surface area contributed by atoms with Gasteiger partial charge in [-0.15, -0.1) is 11.3 Å². The van der Waals surface area contributed by atoms with Crippen LogP contribution in [0.5, 0.6) is 5.75 Å². The highest BCUT2D eigenvalue weighted by Gasteiger charge is 2.25. The molecule has 10 nitrogen and oxygen atoms in total. The third-order valence-electron chi connectivity index (χ3n) is 6.75. The van der Waals surface area contributed by atoms with Crippen LogP contribution in [0.15, 0.2) is 35.8 Å². The zero-order valence-corrected chi connectivity index (χ0v) is 27.0. The number of piperazine rings is 1. The van der Waals surface area contributed by atoms with Gasteiger partial charge in [-0.2, -0.15) is 0 Å². The SMILES string of the molecule is CCN1CCN(Cc2csc(C(=O)Nc3c(OCCOCCOC)cc(Cl)cc3C(=O)Nc3ccc(Cl)cn3)c2Cl)CC1. The first kappa shape index (κ1) is 33.4. The monoisotopic (exact) mass is 669 g/mol. The summed E-state index contributed by atoms with van der Waals surface area (Å²) in [4.78, 5) is 36.2. The molecule has 0 saturated carbocycles. The van der Waals surface area contributed by atoms with Gasteiger partial charge in [0.05, 0.1) is 41.1 Å². The first-order valence-corrected chi connectivity index (χ1v) is 15.8. The Kier molecular flexibility index (Phi) is 12.9. The quantitative estimate of drug-likeness (QED) is 0.208. The zero-order valence-electron chi connectivity index (χ0n) is 24.0. The van der Waals surface area contributed by atoms with E-state index < -0.39 is 11.8 Å². The molecule has 1 saturated heterocycles. The maximum Gasteiger partial charge on any atom is 0.267 e. The van der Waals surface area contributed by atoms with Crippen molar-refractivity contribution in [3.63, 3.8) is 0 Å². The third-order valence-corrected chi connectivity index (χ3v) is 8.76. The maximum absolute atomic E-state index is 13.6. The lowest BCUT2D eigenvalue weighted by Gasteiger charge is -2.33. The summed E-state index contributed by atoms with van der Waals surface area (Å²) in [6, 6.07) is 6.14. The minimum atomic E-state index is -0.557. The molecule has 14 heteroatoms. The van der Waals surface area contributed by atoms with Crippen LogP contribution in [0.3, 0.4) is 0 Å². The molecule has 3 aromatic rings. The second kappa shape index (κ2) is 16.6. The van der Waals surface area contributed by atoms with Crippen molar-refractivity contribution in [2.45, 2.75) is 13.5 Å². The number of thiophene rings is 1. The van der Waals surface area contributed by atoms with Gasteiger partial charge in [-0.3, -0.25) is 14.5 Å². The standard InChI is InChI=1S/C29H34Cl3N5O5S/c1-3-36-6-8-37(9-7-36)17-19-18-43-27(25(19)32)29(39)35-26-22(28(38)34-24-5-4-20(30)16-33-24)14-21(31)15-23(26)42-13-12-41-11-10-40-2/h4-5,14-16,18H,3,6-13,17H2,1-2H3,(H,35,39)(H,33,34,38). The number of nitrogens with zero attached hydrogens (tertiary/aromatic N) is 3. The van der Waals surface area contributed by atoms with Gasteiger partial charge in [-0.1, -0.05) is 41.7 Å². The zero-order chi connectivity index (χ0) is 30.8. The summed E-state index contributed by atoms with van der Waals surface area (Å²) >= 11 is 20.3. The second-order valence-electron chi connectivity index (χ2n) is 9.66. The fraction of sp³-hybridized carbons (Fsp3) is 0.414. The van der Waals surface area contributed by atoms with E-state index in [0.29, 0.717) is 34.7 Å². The molecule has 0 radical (unpaired) electrons. The van der Waals surface area contributed by atoms with E-state index in [1.165, 1.54) is 29.7 Å². The lowest BCUT2D eigenvalue weighted by molar-refractivity contribution is 0.0545. The molecule has 2 N–H and O–H groups in total. The Bertz CT molecular complexity index is 1380. The second-order valence-corrected chi connectivity index (χ2v) is 11.8. The molecule has 0 bridgehead atoms. The van der Waals surface area contributed by atoms with E-state index in [1.807, 2.05) is 5.38 Å². The Morgan fingerprint density at radius 1 is 0.953 bits per heavy atom. The van der Waals surface area contributed by atoms with Crippen molar-refractivity contribution in [3.05, 3.63) is 66.9 Å². The average Bonchev–Trinajstić information content (AvgIpc) is 3.36. The highest BCUT2D eigenvalue weighted by Crippen LogP contribution is 2.36. The van der Waals surface area contributed by atoms with Crippen LogP contribution < -0.4 is 15.4 Å². The third kappa shape index (κ3) is 9.50. The van der Waals surface area contributed by atoms with Gasteiger partial charge in [0.2, 0.25) is 0 Å². The van der Waals surface area contributed by atoms with Crippen molar-refractivity contribution in [1.82, 2.24) is 14.8 Å². The summed E-state index contributed by atoms with van der Waals surface area (Å²) in [7, 11) is 1.59. The topological polar surface area (TPSA) is 105 Å². The van der Waals surface area contributed by atoms with E-state index in [4.69, 9.17) is 49.0 Å². The molecule has 1 aliphatic rings. The molecule has 3 heterocycles. The number of amides is 2. The number of nitrogens with one attached hydrogen (secondary N) is 2. The van der Waals surface area contributed by atoms with Gasteiger partial charge < -0.3 is 29.7 Å². The molecule has 232 valence electrons. The number of hydrogen-bond acceptors (Lipinski definition) is 9. The number of pyridine rings is 1. The molecular formula is C29H34Cl3N5O5S. The number of carbonyl (C=O) groups is 2. The number of rotatable bonds is 14. The first-order chi connectivity index (χ1) is 20.8. The van der Waals surface area contributed by atoms with Crippen LogP contribution in [0.4, 0.5) is 11.5 Å². The van der Waals surface area contributed by atoms with Crippen molar-refractivity contribution in [2.75, 3.05) is 76.9 Å². The predicted molar refractivity (Wildman–Crippen MR) is 172 cm³/mol. The first-order valence-electron chi connectivity index (χ1n) is 13.8. The molecule has 43 heavy (non-hydrogen) atoms. The van der Waals surface area contributed by atoms with Crippen molar-refractivity contribution < 1.29 is 23.8 Å². The number of ether oxygens (including phenoxy) is 3. The highest BCUT2D eigenvalue weighted by molar-refractivity contribution is 7.13. The molecule has 0 spiro atoms. The molecule has 2 amide bonds. The molecule has 0 aliphatic carbocycles. The Morgan fingerprint density at radius 3 is 2.40 bits per heavy atom. The van der Waals surface area contributed by atoms with Crippen molar-refractivity contribution in [1.29, 1.82) is 0 Å². The predicted octanol–water partition coefficient (Wildman–Crippen LogP) is 5.79. The smallest absolute Gasteiger partial charge is 0.267 e. The summed E-state index contributed by atoms with van der Waals surface area (Å²) in [5.74, 6) is -0.560. The number of likely N-dealkylation sites (N-methyl/N-ethyl adjacent to an activating group) is 1. The molecular weight excluding hydrogens is 637 g/mol. The van der Waals surface area contributed by atoms with Crippen molar-refractivity contribution >= 4 is 69.5 Å². The number of hydrogen-bond donors (Lipinski definition) is 2. The maximum atomic E-state index is 13.6. The van der Waals surface area contributed by atoms with Gasteiger partial charge in [-0.05, 0) is 35.7 Å². The molecule has 1 fully saturated rings. The normalized spacial score (nSPS) is 14.1. The Morgan fingerprint density at radius 2 is 1.70 bits per heavy atom. The summed E-state index contributed by atoms with van der Waals surface area (Å²) in [6.45, 7) is 8.95. The van der Waals surface area contributed by atoms with Gasteiger partial charge in [0.25, 0.3) is 11.8 Å². The lowest BCUT2D eigenvalue weighted by atomic mass is 10.1. The fourth-order valence-electron chi connectivity index (χ4n) is 4.41. The molecule has 4 rings (SSSR count). The van der Waals surface area contributed by atoms with Crippen LogP contribution in [0, 0.1) is 0 Å². The van der Waals surface area contributed by atoms with Crippen LogP contribution in [0.25, 0.3) is 0 Å². The lowest BCUT2D eigenvalue weighted by Crippen LogP contribution is -2.45. The minimum Gasteiger partial charge on any atom is -0.489 e. The van der Waals surface area contributed by atoms with Crippen molar-refractivity contribution in [2.24, 2.45) is 0 Å². The van der Waals surface area contributed by atoms with E-state index in [-0.39, 0.29) is 41.1 Å². The largest absolute Gasteiger partial charge is 0.489 e. The minimum absolute atomic E-state index is 0.0783. The van der Waals surface area contributed by atoms with E-state index in [2.05, 4.69) is 32.3 Å². The summed E-state index contributed by atoms with van der Waals surface area (Å²) in [5, 5.41) is 8.51. The molecule has 0 atom stereocenters.